The lowest BCUT2D eigenvalue weighted by Crippen LogP contribution is -2.09. The van der Waals surface area contributed by atoms with Gasteiger partial charge in [0.25, 0.3) is 0 Å². The van der Waals surface area contributed by atoms with Crippen LogP contribution in [0.25, 0.3) is 45.0 Å². The van der Waals surface area contributed by atoms with Gasteiger partial charge >= 0.3 is 5.97 Å². The number of aliphatic carboxylic acids is 1. The maximum atomic E-state index is 13.8. The van der Waals surface area contributed by atoms with Crippen LogP contribution in [0, 0.1) is 11.6 Å². The molecule has 5 rings (SSSR count). The van der Waals surface area contributed by atoms with E-state index in [0.717, 1.165) is 33.5 Å². The highest BCUT2D eigenvalue weighted by atomic mass is 19.1. The van der Waals surface area contributed by atoms with Gasteiger partial charge in [-0.25, -0.2) is 18.6 Å². The molecule has 0 aliphatic rings. The van der Waals surface area contributed by atoms with E-state index in [9.17, 15) is 13.6 Å². The van der Waals surface area contributed by atoms with Crippen LogP contribution in [-0.2, 0) is 11.3 Å². The summed E-state index contributed by atoms with van der Waals surface area (Å²) >= 11 is 0. The van der Waals surface area contributed by atoms with Gasteiger partial charge in [-0.1, -0.05) is 36.4 Å². The third kappa shape index (κ3) is 5.04. The molecule has 1 aromatic heterocycles. The van der Waals surface area contributed by atoms with Gasteiger partial charge in [0.2, 0.25) is 0 Å². The zero-order valence-corrected chi connectivity index (χ0v) is 20.6. The Labute approximate surface area is 218 Å². The largest absolute Gasteiger partial charge is 0.482 e. The molecule has 1 heterocycles. The molecule has 0 saturated heterocycles. The first-order valence-electron chi connectivity index (χ1n) is 12.1. The van der Waals surface area contributed by atoms with E-state index in [0.29, 0.717) is 23.8 Å². The van der Waals surface area contributed by atoms with Crippen LogP contribution in [0.4, 0.5) is 8.78 Å². The second-order valence-corrected chi connectivity index (χ2v) is 8.65. The summed E-state index contributed by atoms with van der Waals surface area (Å²) in [5, 5.41) is 8.98. The van der Waals surface area contributed by atoms with E-state index in [1.807, 2.05) is 43.3 Å². The number of carboxylic acid groups (broad SMARTS) is 1. The molecule has 0 radical (unpaired) electrons. The van der Waals surface area contributed by atoms with Gasteiger partial charge in [-0.05, 0) is 78.7 Å². The Morgan fingerprint density at radius 3 is 2.08 bits per heavy atom. The summed E-state index contributed by atoms with van der Waals surface area (Å²) in [6, 6.07) is 27.4. The standard InChI is InChI=1S/C31H24F2N2O3/c1-2-35-30(21-12-16-24(33)17-13-21)29(20-10-14-23(32)15-11-20)34-31(35)27-9-4-3-8-26(27)22-6-5-7-25(18-22)38-19-28(36)37/h3-18H,2,19H2,1H3,(H,36,37). The zero-order chi connectivity index (χ0) is 26.6. The maximum Gasteiger partial charge on any atom is 0.341 e. The topological polar surface area (TPSA) is 64.3 Å². The van der Waals surface area contributed by atoms with E-state index in [2.05, 4.69) is 4.57 Å². The average Bonchev–Trinajstić information content (AvgIpc) is 3.32. The number of ether oxygens (including phenoxy) is 1. The number of benzene rings is 4. The molecule has 0 fully saturated rings. The van der Waals surface area contributed by atoms with Gasteiger partial charge in [0.05, 0.1) is 11.4 Å². The molecular weight excluding hydrogens is 486 g/mol. The number of aromatic nitrogens is 2. The Kier molecular flexibility index (Phi) is 7.00. The molecule has 0 aliphatic carbocycles. The van der Waals surface area contributed by atoms with E-state index >= 15 is 0 Å². The van der Waals surface area contributed by atoms with Crippen molar-refractivity contribution in [1.82, 2.24) is 9.55 Å². The van der Waals surface area contributed by atoms with Crippen LogP contribution >= 0.6 is 0 Å². The van der Waals surface area contributed by atoms with E-state index < -0.39 is 12.6 Å². The molecule has 38 heavy (non-hydrogen) atoms. The highest BCUT2D eigenvalue weighted by Crippen LogP contribution is 2.40. The summed E-state index contributed by atoms with van der Waals surface area (Å²) in [6.07, 6.45) is 0. The van der Waals surface area contributed by atoms with Crippen molar-refractivity contribution < 1.29 is 23.4 Å². The van der Waals surface area contributed by atoms with Crippen molar-refractivity contribution in [1.29, 1.82) is 0 Å². The molecule has 5 nitrogen and oxygen atoms in total. The highest BCUT2D eigenvalue weighted by Gasteiger charge is 2.22. The lowest BCUT2D eigenvalue weighted by atomic mass is 9.99. The van der Waals surface area contributed by atoms with E-state index in [-0.39, 0.29) is 11.6 Å². The minimum Gasteiger partial charge on any atom is -0.482 e. The summed E-state index contributed by atoms with van der Waals surface area (Å²) in [5.74, 6) is -0.601. The minimum absolute atomic E-state index is 0.338. The van der Waals surface area contributed by atoms with Crippen LogP contribution in [0.15, 0.2) is 97.1 Å². The quantitative estimate of drug-likeness (QED) is 0.238. The number of rotatable bonds is 8. The highest BCUT2D eigenvalue weighted by molar-refractivity contribution is 5.87. The number of carbonyl (C=O) groups is 1. The molecule has 4 aromatic carbocycles. The third-order valence-corrected chi connectivity index (χ3v) is 6.19. The summed E-state index contributed by atoms with van der Waals surface area (Å²) < 4.78 is 35.0. The molecule has 0 aliphatic heterocycles. The molecule has 7 heteroatoms. The van der Waals surface area contributed by atoms with Gasteiger partial charge in [-0.2, -0.15) is 0 Å². The Morgan fingerprint density at radius 2 is 1.45 bits per heavy atom. The van der Waals surface area contributed by atoms with Crippen LogP contribution in [-0.4, -0.2) is 27.2 Å². The van der Waals surface area contributed by atoms with Gasteiger partial charge in [0.1, 0.15) is 23.2 Å². The number of carboxylic acids is 1. The lowest BCUT2D eigenvalue weighted by Gasteiger charge is -2.14. The number of hydrogen-bond donors (Lipinski definition) is 1. The normalized spacial score (nSPS) is 10.9. The monoisotopic (exact) mass is 510 g/mol. The third-order valence-electron chi connectivity index (χ3n) is 6.19. The van der Waals surface area contributed by atoms with Crippen molar-refractivity contribution >= 4 is 5.97 Å². The molecule has 5 aromatic rings. The van der Waals surface area contributed by atoms with Crippen molar-refractivity contribution in [3.05, 3.63) is 109 Å². The summed E-state index contributed by atoms with van der Waals surface area (Å²) in [4.78, 5) is 16.0. The summed E-state index contributed by atoms with van der Waals surface area (Å²) in [6.45, 7) is 2.15. The predicted octanol–water partition coefficient (Wildman–Crippen LogP) is 7.31. The van der Waals surface area contributed by atoms with Crippen LogP contribution < -0.4 is 4.74 Å². The summed E-state index contributed by atoms with van der Waals surface area (Å²) in [5.41, 5.74) is 5.53. The molecular formula is C31H24F2N2O3. The van der Waals surface area contributed by atoms with Crippen LogP contribution in [0.3, 0.4) is 0 Å². The Bertz CT molecular complexity index is 1590. The second kappa shape index (κ2) is 10.7. The molecule has 0 spiro atoms. The molecule has 190 valence electrons. The molecule has 0 amide bonds. The maximum absolute atomic E-state index is 13.8. The van der Waals surface area contributed by atoms with Crippen molar-refractivity contribution in [3.63, 3.8) is 0 Å². The Morgan fingerprint density at radius 1 is 0.816 bits per heavy atom. The number of halogens is 2. The molecule has 0 atom stereocenters. The summed E-state index contributed by atoms with van der Waals surface area (Å²) in [7, 11) is 0. The number of nitrogens with zero attached hydrogens (tertiary/aromatic N) is 2. The minimum atomic E-state index is -1.05. The average molecular weight is 511 g/mol. The van der Waals surface area contributed by atoms with E-state index in [1.165, 1.54) is 24.3 Å². The zero-order valence-electron chi connectivity index (χ0n) is 20.6. The first-order valence-corrected chi connectivity index (χ1v) is 12.1. The fourth-order valence-electron chi connectivity index (χ4n) is 4.50. The lowest BCUT2D eigenvalue weighted by molar-refractivity contribution is -0.139. The van der Waals surface area contributed by atoms with E-state index in [1.54, 1.807) is 36.4 Å². The fourth-order valence-corrected chi connectivity index (χ4v) is 4.50. The van der Waals surface area contributed by atoms with Gasteiger partial charge in [0.15, 0.2) is 6.61 Å². The molecule has 0 unspecified atom stereocenters. The van der Waals surface area contributed by atoms with Crippen molar-refractivity contribution in [2.75, 3.05) is 6.61 Å². The smallest absolute Gasteiger partial charge is 0.341 e. The number of hydrogen-bond acceptors (Lipinski definition) is 3. The first-order chi connectivity index (χ1) is 18.4. The first kappa shape index (κ1) is 24.9. The van der Waals surface area contributed by atoms with Crippen LogP contribution in [0.1, 0.15) is 6.92 Å². The van der Waals surface area contributed by atoms with Crippen molar-refractivity contribution in [3.8, 4) is 50.8 Å². The van der Waals surface area contributed by atoms with Crippen LogP contribution in [0.5, 0.6) is 5.75 Å². The van der Waals surface area contributed by atoms with Gasteiger partial charge in [0, 0.05) is 23.2 Å². The van der Waals surface area contributed by atoms with Crippen LogP contribution in [0.2, 0.25) is 0 Å². The molecule has 1 N–H and O–H groups in total. The predicted molar refractivity (Wildman–Crippen MR) is 143 cm³/mol. The molecule has 0 saturated carbocycles. The molecule has 0 bridgehead atoms. The van der Waals surface area contributed by atoms with Crippen molar-refractivity contribution in [2.24, 2.45) is 0 Å². The van der Waals surface area contributed by atoms with Gasteiger partial charge < -0.3 is 14.4 Å². The van der Waals surface area contributed by atoms with E-state index in [4.69, 9.17) is 14.8 Å². The number of imidazole rings is 1. The Balaban J connectivity index is 1.71. The van der Waals surface area contributed by atoms with Gasteiger partial charge in [-0.3, -0.25) is 0 Å². The van der Waals surface area contributed by atoms with Gasteiger partial charge in [-0.15, -0.1) is 0 Å². The SMILES string of the molecule is CCn1c(-c2ccccc2-c2cccc(OCC(=O)O)c2)nc(-c2ccc(F)cc2)c1-c1ccc(F)cc1. The van der Waals surface area contributed by atoms with Crippen molar-refractivity contribution in [2.45, 2.75) is 13.5 Å². The fraction of sp³-hybridized carbons (Fsp3) is 0.0968. The second-order valence-electron chi connectivity index (χ2n) is 8.65. The Hall–Kier alpha value is -4.78.